The second-order valence-corrected chi connectivity index (χ2v) is 9.54. The normalized spacial score (nSPS) is 11.9. The molecule has 0 saturated heterocycles. The predicted octanol–water partition coefficient (Wildman–Crippen LogP) is 3.55. The molecule has 0 aliphatic heterocycles. The van der Waals surface area contributed by atoms with Crippen LogP contribution in [0.4, 0.5) is 0 Å². The number of halogens is 2. The molecule has 4 heteroatoms. The summed E-state index contributed by atoms with van der Waals surface area (Å²) < 4.78 is 1.96. The van der Waals surface area contributed by atoms with E-state index in [4.69, 9.17) is 22.2 Å². The monoisotopic (exact) mass is 221 g/mol. The Kier molecular flexibility index (Phi) is 3.68. The standard InChI is InChI=1S/C8H13Cl2NSi/c1-2-3-8-12(9,10)11-6-4-5-7-11/h4-7H,2-3,8H2,1H3. The van der Waals surface area contributed by atoms with Gasteiger partial charge in [-0.05, 0) is 30.6 Å². The second kappa shape index (κ2) is 4.35. The van der Waals surface area contributed by atoms with Crippen molar-refractivity contribution in [1.82, 2.24) is 4.23 Å². The first-order valence-electron chi connectivity index (χ1n) is 4.18. The Morgan fingerprint density at radius 1 is 1.25 bits per heavy atom. The summed E-state index contributed by atoms with van der Waals surface area (Å²) in [4.78, 5) is 0. The van der Waals surface area contributed by atoms with Crippen LogP contribution in [0.25, 0.3) is 0 Å². The van der Waals surface area contributed by atoms with E-state index >= 15 is 0 Å². The third-order valence-corrected chi connectivity index (χ3v) is 6.13. The van der Waals surface area contributed by atoms with Gasteiger partial charge in [-0.15, -0.1) is 22.2 Å². The van der Waals surface area contributed by atoms with Crippen LogP contribution in [0.15, 0.2) is 24.5 Å². The van der Waals surface area contributed by atoms with Gasteiger partial charge in [-0.1, -0.05) is 19.8 Å². The molecule has 1 aromatic rings. The molecule has 0 aromatic carbocycles. The fourth-order valence-corrected chi connectivity index (χ4v) is 4.19. The number of nitrogens with zero attached hydrogens (tertiary/aromatic N) is 1. The van der Waals surface area contributed by atoms with E-state index < -0.39 is 6.86 Å². The van der Waals surface area contributed by atoms with Crippen molar-refractivity contribution in [2.45, 2.75) is 25.8 Å². The molecule has 0 radical (unpaired) electrons. The van der Waals surface area contributed by atoms with Crippen molar-refractivity contribution < 1.29 is 0 Å². The van der Waals surface area contributed by atoms with E-state index in [1.807, 2.05) is 28.8 Å². The Bertz CT molecular complexity index is 221. The van der Waals surface area contributed by atoms with Gasteiger partial charge in [0.25, 0.3) is 0 Å². The molecule has 1 nitrogen and oxygen atoms in total. The Hall–Kier alpha value is 0.0769. The van der Waals surface area contributed by atoms with Gasteiger partial charge in [0, 0.05) is 0 Å². The largest absolute Gasteiger partial charge is 0.356 e. The third-order valence-electron chi connectivity index (χ3n) is 1.81. The molecular formula is C8H13Cl2NSi. The van der Waals surface area contributed by atoms with E-state index in [-0.39, 0.29) is 0 Å². The van der Waals surface area contributed by atoms with Gasteiger partial charge >= 0.3 is 6.86 Å². The van der Waals surface area contributed by atoms with E-state index in [1.165, 1.54) is 0 Å². The van der Waals surface area contributed by atoms with Crippen molar-refractivity contribution >= 4 is 29.0 Å². The van der Waals surface area contributed by atoms with Gasteiger partial charge in [-0.25, -0.2) is 0 Å². The van der Waals surface area contributed by atoms with Gasteiger partial charge in [0.15, 0.2) is 0 Å². The molecule has 0 unspecified atom stereocenters. The number of unbranched alkanes of at least 4 members (excludes halogenated alkanes) is 1. The lowest BCUT2D eigenvalue weighted by Gasteiger charge is -2.17. The van der Waals surface area contributed by atoms with Gasteiger partial charge in [-0.2, -0.15) is 0 Å². The summed E-state index contributed by atoms with van der Waals surface area (Å²) in [6, 6.07) is 4.85. The lowest BCUT2D eigenvalue weighted by molar-refractivity contribution is 0.867. The van der Waals surface area contributed by atoms with Gasteiger partial charge in [0.05, 0.1) is 0 Å². The summed E-state index contributed by atoms with van der Waals surface area (Å²) in [5, 5.41) is 0. The van der Waals surface area contributed by atoms with Crippen LogP contribution in [0, 0.1) is 0 Å². The molecule has 0 atom stereocenters. The van der Waals surface area contributed by atoms with Crippen molar-refractivity contribution in [2.24, 2.45) is 0 Å². The smallest absolute Gasteiger partial charge is 0.356 e. The molecule has 0 saturated carbocycles. The molecule has 0 spiro atoms. The average Bonchev–Trinajstić information content (AvgIpc) is 2.53. The van der Waals surface area contributed by atoms with Gasteiger partial charge in [0.2, 0.25) is 0 Å². The summed E-state index contributed by atoms with van der Waals surface area (Å²) in [5.74, 6) is 0. The van der Waals surface area contributed by atoms with Gasteiger partial charge in [-0.3, -0.25) is 0 Å². The van der Waals surface area contributed by atoms with E-state index in [0.717, 1.165) is 18.9 Å². The van der Waals surface area contributed by atoms with Crippen LogP contribution in [-0.4, -0.2) is 11.1 Å². The molecule has 12 heavy (non-hydrogen) atoms. The average molecular weight is 222 g/mol. The Balaban J connectivity index is 2.59. The van der Waals surface area contributed by atoms with Gasteiger partial charge < -0.3 is 4.23 Å². The molecule has 1 aromatic heterocycles. The summed E-state index contributed by atoms with van der Waals surface area (Å²) >= 11 is 12.5. The van der Waals surface area contributed by atoms with Crippen LogP contribution in [0.5, 0.6) is 0 Å². The summed E-state index contributed by atoms with van der Waals surface area (Å²) in [6.45, 7) is -0.0403. The zero-order valence-electron chi connectivity index (χ0n) is 7.13. The lowest BCUT2D eigenvalue weighted by Crippen LogP contribution is -2.29. The molecule has 0 aliphatic carbocycles. The van der Waals surface area contributed by atoms with Crippen LogP contribution in [0.3, 0.4) is 0 Å². The molecule has 0 aliphatic rings. The quantitative estimate of drug-likeness (QED) is 0.542. The van der Waals surface area contributed by atoms with E-state index in [2.05, 4.69) is 6.92 Å². The minimum Gasteiger partial charge on any atom is -0.356 e. The first-order valence-corrected chi connectivity index (χ1v) is 8.36. The highest BCUT2D eigenvalue weighted by Gasteiger charge is 2.29. The van der Waals surface area contributed by atoms with Crippen LogP contribution in [0.2, 0.25) is 6.04 Å². The van der Waals surface area contributed by atoms with Gasteiger partial charge in [0.1, 0.15) is 0 Å². The minimum absolute atomic E-state index is 0.932. The highest BCUT2D eigenvalue weighted by atomic mass is 35.7. The molecule has 0 N–H and O–H groups in total. The first kappa shape index (κ1) is 10.2. The zero-order chi connectivity index (χ0) is 9.03. The lowest BCUT2D eigenvalue weighted by atomic mass is 10.4. The maximum absolute atomic E-state index is 6.25. The van der Waals surface area contributed by atoms with E-state index in [1.54, 1.807) is 0 Å². The highest BCUT2D eigenvalue weighted by Crippen LogP contribution is 2.25. The maximum atomic E-state index is 6.25. The molecule has 0 fully saturated rings. The molecule has 0 amide bonds. The molecule has 0 bridgehead atoms. The topological polar surface area (TPSA) is 4.93 Å². The van der Waals surface area contributed by atoms with Crippen molar-refractivity contribution in [2.75, 3.05) is 0 Å². The van der Waals surface area contributed by atoms with Crippen molar-refractivity contribution in [3.05, 3.63) is 24.5 Å². The highest BCUT2D eigenvalue weighted by molar-refractivity contribution is 7.44. The minimum atomic E-state index is -2.19. The number of rotatable bonds is 4. The van der Waals surface area contributed by atoms with Crippen LogP contribution in [-0.2, 0) is 0 Å². The Morgan fingerprint density at radius 2 is 1.83 bits per heavy atom. The Morgan fingerprint density at radius 3 is 2.33 bits per heavy atom. The molecule has 1 heterocycles. The third kappa shape index (κ3) is 2.54. The SMILES string of the molecule is CCCC[Si](Cl)(Cl)n1cccc1. The number of aromatic nitrogens is 1. The number of hydrogen-bond acceptors (Lipinski definition) is 0. The van der Waals surface area contributed by atoms with Crippen molar-refractivity contribution in [3.8, 4) is 0 Å². The second-order valence-electron chi connectivity index (χ2n) is 2.86. The maximum Gasteiger partial charge on any atom is 0.356 e. The van der Waals surface area contributed by atoms with Crippen LogP contribution in [0.1, 0.15) is 19.8 Å². The predicted molar refractivity (Wildman–Crippen MR) is 57.0 cm³/mol. The fraction of sp³-hybridized carbons (Fsp3) is 0.500. The Labute approximate surface area is 83.8 Å². The van der Waals surface area contributed by atoms with E-state index in [0.29, 0.717) is 0 Å². The van der Waals surface area contributed by atoms with Crippen molar-refractivity contribution in [3.63, 3.8) is 0 Å². The fourth-order valence-electron chi connectivity index (χ4n) is 1.07. The zero-order valence-corrected chi connectivity index (χ0v) is 9.65. The summed E-state index contributed by atoms with van der Waals surface area (Å²) in [7, 11) is 0. The van der Waals surface area contributed by atoms with Crippen LogP contribution >= 0.6 is 22.2 Å². The molecular weight excluding hydrogens is 209 g/mol. The summed E-state index contributed by atoms with van der Waals surface area (Å²) in [5.41, 5.74) is 0. The first-order chi connectivity index (χ1) is 5.67. The van der Waals surface area contributed by atoms with Crippen molar-refractivity contribution in [1.29, 1.82) is 0 Å². The molecule has 68 valence electrons. The summed E-state index contributed by atoms with van der Waals surface area (Å²) in [6.07, 6.45) is 6.15. The molecule has 1 rings (SSSR count). The number of hydrogen-bond donors (Lipinski definition) is 0. The van der Waals surface area contributed by atoms with Crippen LogP contribution < -0.4 is 0 Å². The van der Waals surface area contributed by atoms with E-state index in [9.17, 15) is 0 Å².